The fourth-order valence-corrected chi connectivity index (χ4v) is 5.59. The van der Waals surface area contributed by atoms with Gasteiger partial charge in [-0.3, -0.25) is 4.98 Å². The lowest BCUT2D eigenvalue weighted by molar-refractivity contribution is 0.0498. The molecule has 1 aromatic carbocycles. The molecule has 0 fully saturated rings. The third-order valence-electron chi connectivity index (χ3n) is 4.86. The number of aromatic nitrogens is 3. The Kier molecular flexibility index (Phi) is 5.39. The second-order valence-corrected chi connectivity index (χ2v) is 9.85. The van der Waals surface area contributed by atoms with Crippen molar-refractivity contribution in [3.05, 3.63) is 54.2 Å². The number of nitrogens with zero attached hydrogens (tertiary/aromatic N) is 5. The fraction of sp³-hybridized carbons (Fsp3) is 0.250. The molecule has 32 heavy (non-hydrogen) atoms. The number of fused-ring (bicyclic) bond motifs is 3. The topological polar surface area (TPSA) is 128 Å². The van der Waals surface area contributed by atoms with Crippen molar-refractivity contribution < 1.29 is 22.5 Å². The van der Waals surface area contributed by atoms with Crippen molar-refractivity contribution in [1.29, 1.82) is 0 Å². The highest BCUT2D eigenvalue weighted by Gasteiger charge is 2.33. The van der Waals surface area contributed by atoms with Crippen LogP contribution in [-0.4, -0.2) is 53.6 Å². The molecule has 10 nitrogen and oxygen atoms in total. The van der Waals surface area contributed by atoms with E-state index in [1.54, 1.807) is 36.7 Å². The van der Waals surface area contributed by atoms with Crippen LogP contribution < -0.4 is 4.90 Å². The predicted molar refractivity (Wildman–Crippen MR) is 117 cm³/mol. The zero-order valence-electron chi connectivity index (χ0n) is 16.7. The summed E-state index contributed by atoms with van der Waals surface area (Å²) in [4.78, 5) is 23.4. The summed E-state index contributed by atoms with van der Waals surface area (Å²) in [7, 11) is -3.42. The maximum atomic E-state index is 12.4. The molecule has 0 saturated carbocycles. The number of ether oxygens (including phenoxy) is 1. The third-order valence-corrected chi connectivity index (χ3v) is 7.17. The van der Waals surface area contributed by atoms with Crippen LogP contribution >= 0.6 is 11.8 Å². The number of amidine groups is 1. The lowest BCUT2D eigenvalue weighted by Crippen LogP contribution is -2.35. The molecule has 0 bridgehead atoms. The largest absolute Gasteiger partial charge is 0.462 e. The van der Waals surface area contributed by atoms with Gasteiger partial charge in [0, 0.05) is 35.8 Å². The maximum Gasteiger partial charge on any atom is 0.338 e. The number of carbonyl (C=O) groups is 1. The highest BCUT2D eigenvalue weighted by molar-refractivity contribution is 8.15. The molecule has 0 unspecified atom stereocenters. The van der Waals surface area contributed by atoms with Crippen molar-refractivity contribution in [2.75, 3.05) is 23.8 Å². The normalized spacial score (nSPS) is 16.2. The van der Waals surface area contributed by atoms with Crippen molar-refractivity contribution in [1.82, 2.24) is 15.1 Å². The molecule has 0 amide bonds. The summed E-state index contributed by atoms with van der Waals surface area (Å²) < 4.78 is 37.9. The van der Waals surface area contributed by atoms with Crippen LogP contribution in [0.2, 0.25) is 0 Å². The van der Waals surface area contributed by atoms with Gasteiger partial charge in [-0.05, 0) is 48.5 Å². The van der Waals surface area contributed by atoms with Crippen molar-refractivity contribution in [3.63, 3.8) is 0 Å². The van der Waals surface area contributed by atoms with Gasteiger partial charge in [0.05, 0.1) is 23.6 Å². The summed E-state index contributed by atoms with van der Waals surface area (Å²) >= 11 is 1.24. The monoisotopic (exact) mass is 471 g/mol. The molecule has 0 radical (unpaired) electrons. The van der Waals surface area contributed by atoms with E-state index in [0.717, 1.165) is 16.1 Å². The Labute approximate surface area is 187 Å². The molecule has 0 spiro atoms. The van der Waals surface area contributed by atoms with Gasteiger partial charge in [0.25, 0.3) is 10.0 Å². The van der Waals surface area contributed by atoms with Crippen LogP contribution in [0.15, 0.2) is 56.5 Å². The van der Waals surface area contributed by atoms with Gasteiger partial charge in [-0.1, -0.05) is 5.16 Å². The molecule has 2 aliphatic heterocycles. The molecule has 0 atom stereocenters. The quantitative estimate of drug-likeness (QED) is 0.391. The first-order chi connectivity index (χ1) is 15.5. The standard InChI is InChI=1S/C20H17N5O5S2/c26-19(29-9-2-4-17-22-18(23-30-17)14-3-1-7-21-12-14)13-5-6-15-16(11-13)31-20-24-32(27,28)10-8-25(15)20/h1,3,5-7,11-12H,2,4,8-10H2. The number of hydrogen-bond donors (Lipinski definition) is 0. The first kappa shape index (κ1) is 20.6. The summed E-state index contributed by atoms with van der Waals surface area (Å²) in [5, 5.41) is 4.35. The number of esters is 1. The summed E-state index contributed by atoms with van der Waals surface area (Å²) in [6.45, 7) is 0.549. The molecule has 0 saturated heterocycles. The summed E-state index contributed by atoms with van der Waals surface area (Å²) in [5.74, 6) is 0.453. The lowest BCUT2D eigenvalue weighted by Gasteiger charge is -2.22. The highest BCUT2D eigenvalue weighted by atomic mass is 32.2. The van der Waals surface area contributed by atoms with Crippen LogP contribution in [0.25, 0.3) is 11.4 Å². The van der Waals surface area contributed by atoms with Crippen LogP contribution in [-0.2, 0) is 21.2 Å². The number of sulfonamides is 1. The van der Waals surface area contributed by atoms with Crippen LogP contribution in [0.3, 0.4) is 0 Å². The Morgan fingerprint density at radius 1 is 1.28 bits per heavy atom. The minimum atomic E-state index is -3.42. The average Bonchev–Trinajstić information content (AvgIpc) is 3.40. The molecule has 3 aromatic rings. The van der Waals surface area contributed by atoms with Gasteiger partial charge < -0.3 is 14.2 Å². The SMILES string of the molecule is O=C(OCCCc1nc(-c2cccnc2)no1)c1ccc2c(c1)SC1=NS(=O)(=O)CCN12. The van der Waals surface area contributed by atoms with E-state index in [2.05, 4.69) is 19.5 Å². The molecule has 0 N–H and O–H groups in total. The van der Waals surface area contributed by atoms with Crippen molar-refractivity contribution in [2.24, 2.45) is 4.40 Å². The molecule has 0 aliphatic carbocycles. The Balaban J connectivity index is 1.16. The van der Waals surface area contributed by atoms with Crippen molar-refractivity contribution in [3.8, 4) is 11.4 Å². The minimum absolute atomic E-state index is 0.0237. The molecular formula is C20H17N5O5S2. The van der Waals surface area contributed by atoms with Gasteiger partial charge in [-0.25, -0.2) is 13.2 Å². The third kappa shape index (κ3) is 4.23. The van der Waals surface area contributed by atoms with Gasteiger partial charge in [-0.2, -0.15) is 4.98 Å². The molecule has 2 aromatic heterocycles. The second-order valence-electron chi connectivity index (χ2n) is 7.09. The van der Waals surface area contributed by atoms with E-state index in [4.69, 9.17) is 9.26 Å². The fourth-order valence-electron chi connectivity index (χ4n) is 3.30. The molecule has 5 rings (SSSR count). The predicted octanol–water partition coefficient (Wildman–Crippen LogP) is 2.53. The molecular weight excluding hydrogens is 454 g/mol. The zero-order chi connectivity index (χ0) is 22.1. The van der Waals surface area contributed by atoms with Gasteiger partial charge in [0.2, 0.25) is 11.7 Å². The van der Waals surface area contributed by atoms with Crippen molar-refractivity contribution >= 4 is 38.6 Å². The van der Waals surface area contributed by atoms with Crippen LogP contribution in [0, 0.1) is 0 Å². The smallest absolute Gasteiger partial charge is 0.338 e. The van der Waals surface area contributed by atoms with E-state index in [1.807, 2.05) is 11.0 Å². The van der Waals surface area contributed by atoms with E-state index < -0.39 is 16.0 Å². The van der Waals surface area contributed by atoms with E-state index in [9.17, 15) is 13.2 Å². The maximum absolute atomic E-state index is 12.4. The summed E-state index contributed by atoms with van der Waals surface area (Å²) in [6.07, 6.45) is 4.33. The Morgan fingerprint density at radius 3 is 3.03 bits per heavy atom. The number of carbonyl (C=O) groups excluding carboxylic acids is 1. The highest BCUT2D eigenvalue weighted by Crippen LogP contribution is 2.42. The minimum Gasteiger partial charge on any atom is -0.462 e. The number of thioether (sulfide) groups is 1. The van der Waals surface area contributed by atoms with E-state index in [0.29, 0.717) is 41.8 Å². The van der Waals surface area contributed by atoms with Crippen LogP contribution in [0.5, 0.6) is 0 Å². The first-order valence-corrected chi connectivity index (χ1v) is 12.2. The van der Waals surface area contributed by atoms with Gasteiger partial charge in [-0.15, -0.1) is 4.40 Å². The molecule has 12 heteroatoms. The van der Waals surface area contributed by atoms with E-state index in [-0.39, 0.29) is 12.4 Å². The molecule has 4 heterocycles. The Bertz CT molecular complexity index is 1310. The lowest BCUT2D eigenvalue weighted by atomic mass is 10.2. The van der Waals surface area contributed by atoms with Crippen LogP contribution in [0.1, 0.15) is 22.7 Å². The van der Waals surface area contributed by atoms with Gasteiger partial charge >= 0.3 is 5.97 Å². The number of anilines is 1. The number of aryl methyl sites for hydroxylation is 1. The first-order valence-electron chi connectivity index (χ1n) is 9.81. The number of benzene rings is 1. The van der Waals surface area contributed by atoms with Gasteiger partial charge in [0.15, 0.2) is 5.17 Å². The summed E-state index contributed by atoms with van der Waals surface area (Å²) in [5.41, 5.74) is 2.01. The number of rotatable bonds is 6. The van der Waals surface area contributed by atoms with Crippen molar-refractivity contribution in [2.45, 2.75) is 17.7 Å². The van der Waals surface area contributed by atoms with Gasteiger partial charge in [0.1, 0.15) is 0 Å². The molecule has 164 valence electrons. The van der Waals surface area contributed by atoms with E-state index >= 15 is 0 Å². The van der Waals surface area contributed by atoms with Crippen LogP contribution in [0.4, 0.5) is 5.69 Å². The summed E-state index contributed by atoms with van der Waals surface area (Å²) in [6, 6.07) is 8.80. The number of hydrogen-bond acceptors (Lipinski definition) is 10. The zero-order valence-corrected chi connectivity index (χ0v) is 18.3. The molecule has 2 aliphatic rings. The van der Waals surface area contributed by atoms with E-state index in [1.165, 1.54) is 11.8 Å². The average molecular weight is 472 g/mol. The Hall–Kier alpha value is -3.25. The number of pyridine rings is 1. The Morgan fingerprint density at radius 2 is 2.19 bits per heavy atom. The second kappa shape index (κ2) is 8.36.